The van der Waals surface area contributed by atoms with Gasteiger partial charge in [0.05, 0.1) is 31.1 Å². The number of anilines is 1. The minimum Gasteiger partial charge on any atom is -0.491 e. The van der Waals surface area contributed by atoms with Crippen molar-refractivity contribution in [2.45, 2.75) is 46.4 Å². The Labute approximate surface area is 208 Å². The number of nitrogens with one attached hydrogen (secondary N) is 3. The van der Waals surface area contributed by atoms with Crippen molar-refractivity contribution in [3.8, 4) is 5.75 Å². The van der Waals surface area contributed by atoms with Crippen LogP contribution in [-0.2, 0) is 11.3 Å². The Hall–Kier alpha value is -1.85. The third kappa shape index (κ3) is 9.33. The largest absolute Gasteiger partial charge is 0.491 e. The number of ether oxygens (including phenoxy) is 2. The highest BCUT2D eigenvalue weighted by atomic mass is 127. The monoisotopic (exact) mass is 556 g/mol. The Bertz CT molecular complexity index is 795. The van der Waals surface area contributed by atoms with Crippen LogP contribution in [0.15, 0.2) is 41.5 Å². The summed E-state index contributed by atoms with van der Waals surface area (Å²) in [6.45, 7) is 13.5. The van der Waals surface area contributed by atoms with Gasteiger partial charge in [-0.3, -0.25) is 10.00 Å². The van der Waals surface area contributed by atoms with Gasteiger partial charge in [-0.1, -0.05) is 13.8 Å². The highest BCUT2D eigenvalue weighted by Crippen LogP contribution is 2.17. The number of morpholine rings is 1. The van der Waals surface area contributed by atoms with Gasteiger partial charge in [0.25, 0.3) is 0 Å². The lowest BCUT2D eigenvalue weighted by molar-refractivity contribution is -0.0283. The van der Waals surface area contributed by atoms with E-state index in [9.17, 15) is 0 Å². The second-order valence-corrected chi connectivity index (χ2v) is 8.59. The van der Waals surface area contributed by atoms with E-state index in [2.05, 4.69) is 39.6 Å². The van der Waals surface area contributed by atoms with E-state index in [4.69, 9.17) is 14.5 Å². The summed E-state index contributed by atoms with van der Waals surface area (Å²) < 4.78 is 11.7. The minimum atomic E-state index is 0. The van der Waals surface area contributed by atoms with E-state index < -0.39 is 0 Å². The van der Waals surface area contributed by atoms with Crippen molar-refractivity contribution in [2.75, 3.05) is 38.1 Å². The second-order valence-electron chi connectivity index (χ2n) is 8.59. The van der Waals surface area contributed by atoms with E-state index in [1.54, 1.807) is 6.20 Å². The minimum absolute atomic E-state index is 0. The zero-order valence-electron chi connectivity index (χ0n) is 19.5. The van der Waals surface area contributed by atoms with Crippen molar-refractivity contribution < 1.29 is 9.47 Å². The number of benzene rings is 1. The summed E-state index contributed by atoms with van der Waals surface area (Å²) in [7, 11) is 0. The number of halogens is 1. The maximum absolute atomic E-state index is 5.97. The molecular weight excluding hydrogens is 519 g/mol. The van der Waals surface area contributed by atoms with E-state index in [0.717, 1.165) is 43.4 Å². The lowest BCUT2D eigenvalue weighted by Crippen LogP contribution is -2.49. The molecule has 1 saturated heterocycles. The van der Waals surface area contributed by atoms with Crippen LogP contribution in [0.5, 0.6) is 5.75 Å². The van der Waals surface area contributed by atoms with Crippen LogP contribution in [0, 0.1) is 5.92 Å². The molecule has 178 valence electrons. The Morgan fingerprint density at radius 1 is 1.25 bits per heavy atom. The summed E-state index contributed by atoms with van der Waals surface area (Å²) in [5.41, 5.74) is 1.90. The van der Waals surface area contributed by atoms with Crippen LogP contribution in [0.3, 0.4) is 0 Å². The summed E-state index contributed by atoms with van der Waals surface area (Å²) in [5.74, 6) is 2.21. The molecule has 1 aliphatic heterocycles. The van der Waals surface area contributed by atoms with Crippen LogP contribution in [0.1, 0.15) is 33.4 Å². The highest BCUT2D eigenvalue weighted by molar-refractivity contribution is 14.0. The number of hydrogen-bond donors (Lipinski definition) is 3. The van der Waals surface area contributed by atoms with Gasteiger partial charge in [-0.25, -0.2) is 4.99 Å². The van der Waals surface area contributed by atoms with Gasteiger partial charge in [0.1, 0.15) is 5.75 Å². The third-order valence-electron chi connectivity index (χ3n) is 4.80. The first-order valence-electron chi connectivity index (χ1n) is 11.1. The first-order valence-corrected chi connectivity index (χ1v) is 11.1. The van der Waals surface area contributed by atoms with E-state index in [1.807, 2.05) is 44.2 Å². The molecule has 1 fully saturated rings. The first kappa shape index (κ1) is 26.4. The lowest BCUT2D eigenvalue weighted by atomic mass is 10.2. The molecule has 1 aromatic heterocycles. The third-order valence-corrected chi connectivity index (χ3v) is 4.80. The SMILES string of the molecule is CC(C)CN1CCOC(CNC(=NCc2ccn[nH]2)Nc2ccc(OC(C)C)cc2)C1.I. The van der Waals surface area contributed by atoms with Gasteiger partial charge in [-0.2, -0.15) is 5.10 Å². The molecule has 3 N–H and O–H groups in total. The fourth-order valence-corrected chi connectivity index (χ4v) is 3.50. The Balaban J connectivity index is 0.00000363. The van der Waals surface area contributed by atoms with Crippen LogP contribution in [0.2, 0.25) is 0 Å². The van der Waals surface area contributed by atoms with Gasteiger partial charge in [-0.15, -0.1) is 24.0 Å². The Morgan fingerprint density at radius 2 is 2.03 bits per heavy atom. The van der Waals surface area contributed by atoms with Gasteiger partial charge in [0.15, 0.2) is 5.96 Å². The summed E-state index contributed by atoms with van der Waals surface area (Å²) in [6.07, 6.45) is 2.02. The zero-order valence-corrected chi connectivity index (χ0v) is 21.8. The number of H-pyrrole nitrogens is 1. The fourth-order valence-electron chi connectivity index (χ4n) is 3.50. The molecule has 0 radical (unpaired) electrons. The molecule has 0 bridgehead atoms. The Kier molecular flexibility index (Phi) is 11.3. The molecule has 2 aromatic rings. The number of aromatic amines is 1. The summed E-state index contributed by atoms with van der Waals surface area (Å²) >= 11 is 0. The lowest BCUT2D eigenvalue weighted by Gasteiger charge is -2.34. The van der Waals surface area contributed by atoms with Gasteiger partial charge >= 0.3 is 0 Å². The molecule has 0 spiro atoms. The highest BCUT2D eigenvalue weighted by Gasteiger charge is 2.21. The standard InChI is InChI=1S/C23H36N6O2.HI/c1-17(2)15-29-11-12-30-22(16-29)14-25-23(24-13-20-9-10-26-28-20)27-19-5-7-21(8-6-19)31-18(3)4;/h5-10,17-18,22H,11-16H2,1-4H3,(H,26,28)(H2,24,25,27);1H. The van der Waals surface area contributed by atoms with Crippen molar-refractivity contribution in [1.82, 2.24) is 20.4 Å². The molecule has 2 heterocycles. The molecule has 8 nitrogen and oxygen atoms in total. The van der Waals surface area contributed by atoms with Crippen LogP contribution >= 0.6 is 24.0 Å². The number of nitrogens with zero attached hydrogens (tertiary/aromatic N) is 3. The fraction of sp³-hybridized carbons (Fsp3) is 0.565. The van der Waals surface area contributed by atoms with Crippen molar-refractivity contribution in [1.29, 1.82) is 0 Å². The van der Waals surface area contributed by atoms with Gasteiger partial charge in [0.2, 0.25) is 0 Å². The molecule has 1 atom stereocenters. The van der Waals surface area contributed by atoms with E-state index in [1.165, 1.54) is 0 Å². The number of guanidine groups is 1. The first-order chi connectivity index (χ1) is 15.0. The van der Waals surface area contributed by atoms with Crippen LogP contribution in [-0.4, -0.2) is 66.1 Å². The average molecular weight is 556 g/mol. The molecule has 0 amide bonds. The van der Waals surface area contributed by atoms with Crippen molar-refractivity contribution >= 4 is 35.6 Å². The van der Waals surface area contributed by atoms with Gasteiger partial charge < -0.3 is 20.1 Å². The molecule has 1 unspecified atom stereocenters. The summed E-state index contributed by atoms with van der Waals surface area (Å²) in [6, 6.07) is 9.83. The Morgan fingerprint density at radius 3 is 2.69 bits per heavy atom. The predicted octanol–water partition coefficient (Wildman–Crippen LogP) is 3.73. The molecule has 3 rings (SSSR count). The van der Waals surface area contributed by atoms with E-state index in [0.29, 0.717) is 25.0 Å². The zero-order chi connectivity index (χ0) is 22.1. The number of aromatic nitrogens is 2. The number of rotatable bonds is 9. The smallest absolute Gasteiger partial charge is 0.196 e. The summed E-state index contributed by atoms with van der Waals surface area (Å²) in [4.78, 5) is 7.18. The maximum atomic E-state index is 5.97. The predicted molar refractivity (Wildman–Crippen MR) is 140 cm³/mol. The quantitative estimate of drug-likeness (QED) is 0.248. The van der Waals surface area contributed by atoms with E-state index in [-0.39, 0.29) is 36.2 Å². The summed E-state index contributed by atoms with van der Waals surface area (Å²) in [5, 5.41) is 13.8. The van der Waals surface area contributed by atoms with Gasteiger partial charge in [0, 0.05) is 38.1 Å². The molecule has 32 heavy (non-hydrogen) atoms. The molecule has 0 saturated carbocycles. The van der Waals surface area contributed by atoms with Crippen LogP contribution < -0.4 is 15.4 Å². The van der Waals surface area contributed by atoms with E-state index >= 15 is 0 Å². The second kappa shape index (κ2) is 13.6. The normalized spacial score (nSPS) is 17.3. The van der Waals surface area contributed by atoms with Crippen molar-refractivity contribution in [3.63, 3.8) is 0 Å². The molecule has 1 aliphatic rings. The van der Waals surface area contributed by atoms with Crippen molar-refractivity contribution in [2.24, 2.45) is 10.9 Å². The molecule has 9 heteroatoms. The average Bonchev–Trinajstić information content (AvgIpc) is 3.24. The topological polar surface area (TPSA) is 86.8 Å². The molecule has 0 aliphatic carbocycles. The number of hydrogen-bond acceptors (Lipinski definition) is 5. The molecular formula is C23H37IN6O2. The van der Waals surface area contributed by atoms with Crippen molar-refractivity contribution in [3.05, 3.63) is 42.2 Å². The van der Waals surface area contributed by atoms with Gasteiger partial charge in [-0.05, 0) is 50.1 Å². The van der Waals surface area contributed by atoms with Crippen LogP contribution in [0.25, 0.3) is 0 Å². The van der Waals surface area contributed by atoms with Crippen LogP contribution in [0.4, 0.5) is 5.69 Å². The number of aliphatic imine (C=N–C) groups is 1. The molecule has 1 aromatic carbocycles. The maximum Gasteiger partial charge on any atom is 0.196 e.